The SMILES string of the molecule is Cc1nc(-c2ccnc3ccccc23)[nH]c(=O)c1CCO. The van der Waals surface area contributed by atoms with Gasteiger partial charge in [-0.15, -0.1) is 0 Å². The molecule has 21 heavy (non-hydrogen) atoms. The zero-order chi connectivity index (χ0) is 14.8. The molecule has 2 aromatic heterocycles. The summed E-state index contributed by atoms with van der Waals surface area (Å²) < 4.78 is 0. The topological polar surface area (TPSA) is 78.9 Å². The first kappa shape index (κ1) is 13.5. The molecule has 5 nitrogen and oxygen atoms in total. The maximum absolute atomic E-state index is 12.1. The van der Waals surface area contributed by atoms with E-state index >= 15 is 0 Å². The number of nitrogens with one attached hydrogen (secondary N) is 1. The standard InChI is InChI=1S/C16H15N3O2/c1-10-11(7-9-20)16(21)19-15(18-10)13-6-8-17-14-5-3-2-4-12(13)14/h2-6,8,20H,7,9H2,1H3,(H,18,19,21). The highest BCUT2D eigenvalue weighted by Gasteiger charge is 2.11. The number of H-pyrrole nitrogens is 1. The molecular weight excluding hydrogens is 266 g/mol. The van der Waals surface area contributed by atoms with Crippen molar-refractivity contribution in [3.63, 3.8) is 0 Å². The molecule has 0 aliphatic carbocycles. The van der Waals surface area contributed by atoms with Crippen LogP contribution < -0.4 is 5.56 Å². The summed E-state index contributed by atoms with van der Waals surface area (Å²) in [6.07, 6.45) is 2.01. The predicted octanol–water partition coefficient (Wildman–Crippen LogP) is 1.83. The molecule has 5 heteroatoms. The summed E-state index contributed by atoms with van der Waals surface area (Å²) in [5.41, 5.74) is 2.67. The highest BCUT2D eigenvalue weighted by Crippen LogP contribution is 2.24. The Balaban J connectivity index is 2.22. The summed E-state index contributed by atoms with van der Waals surface area (Å²) in [5, 5.41) is 9.95. The van der Waals surface area contributed by atoms with Crippen LogP contribution >= 0.6 is 0 Å². The Morgan fingerprint density at radius 1 is 1.24 bits per heavy atom. The highest BCUT2D eigenvalue weighted by atomic mass is 16.3. The summed E-state index contributed by atoms with van der Waals surface area (Å²) in [6.45, 7) is 1.72. The second kappa shape index (κ2) is 5.46. The van der Waals surface area contributed by atoms with E-state index in [1.54, 1.807) is 13.1 Å². The minimum absolute atomic E-state index is 0.0663. The molecule has 0 aliphatic rings. The van der Waals surface area contributed by atoms with E-state index in [1.807, 2.05) is 30.3 Å². The van der Waals surface area contributed by atoms with Crippen molar-refractivity contribution in [2.45, 2.75) is 13.3 Å². The van der Waals surface area contributed by atoms with E-state index < -0.39 is 0 Å². The minimum Gasteiger partial charge on any atom is -0.396 e. The Bertz CT molecular complexity index is 850. The molecule has 0 radical (unpaired) electrons. The number of fused-ring (bicyclic) bond motifs is 1. The quantitative estimate of drug-likeness (QED) is 0.767. The number of hydrogen-bond acceptors (Lipinski definition) is 4. The van der Waals surface area contributed by atoms with Crippen LogP contribution in [0.1, 0.15) is 11.3 Å². The molecule has 0 aliphatic heterocycles. The predicted molar refractivity (Wildman–Crippen MR) is 81.1 cm³/mol. The maximum Gasteiger partial charge on any atom is 0.254 e. The van der Waals surface area contributed by atoms with Gasteiger partial charge in [-0.25, -0.2) is 4.98 Å². The lowest BCUT2D eigenvalue weighted by Gasteiger charge is -2.08. The number of hydrogen-bond donors (Lipinski definition) is 2. The monoisotopic (exact) mass is 281 g/mol. The van der Waals surface area contributed by atoms with Crippen LogP contribution in [0.2, 0.25) is 0 Å². The Morgan fingerprint density at radius 2 is 2.05 bits per heavy atom. The smallest absolute Gasteiger partial charge is 0.254 e. The van der Waals surface area contributed by atoms with Gasteiger partial charge in [0.15, 0.2) is 0 Å². The number of benzene rings is 1. The molecule has 0 atom stereocenters. The third-order valence-electron chi connectivity index (χ3n) is 3.49. The molecule has 0 saturated heterocycles. The number of rotatable bonds is 3. The van der Waals surface area contributed by atoms with Crippen molar-refractivity contribution in [2.75, 3.05) is 6.61 Å². The second-order valence-electron chi connectivity index (χ2n) is 4.83. The van der Waals surface area contributed by atoms with Gasteiger partial charge in [0.1, 0.15) is 5.82 Å². The molecule has 3 aromatic rings. The van der Waals surface area contributed by atoms with Gasteiger partial charge in [-0.2, -0.15) is 0 Å². The summed E-state index contributed by atoms with van der Waals surface area (Å²) in [6, 6.07) is 9.56. The fourth-order valence-electron chi connectivity index (χ4n) is 2.45. The van der Waals surface area contributed by atoms with Crippen molar-refractivity contribution >= 4 is 10.9 Å². The third kappa shape index (κ3) is 2.43. The Hall–Kier alpha value is -2.53. The zero-order valence-electron chi connectivity index (χ0n) is 11.6. The van der Waals surface area contributed by atoms with E-state index in [2.05, 4.69) is 15.0 Å². The summed E-state index contributed by atoms with van der Waals surface area (Å²) in [4.78, 5) is 23.7. The molecular formula is C16H15N3O2. The maximum atomic E-state index is 12.1. The van der Waals surface area contributed by atoms with Gasteiger partial charge in [0.25, 0.3) is 5.56 Å². The van der Waals surface area contributed by atoms with Crippen LogP contribution in [0.4, 0.5) is 0 Å². The molecule has 0 unspecified atom stereocenters. The molecule has 0 fully saturated rings. The molecule has 2 heterocycles. The molecule has 1 aromatic carbocycles. The number of nitrogens with zero attached hydrogens (tertiary/aromatic N) is 2. The normalized spacial score (nSPS) is 11.0. The Morgan fingerprint density at radius 3 is 2.81 bits per heavy atom. The lowest BCUT2D eigenvalue weighted by atomic mass is 10.1. The van der Waals surface area contributed by atoms with Crippen LogP contribution in [-0.4, -0.2) is 26.7 Å². The summed E-state index contributed by atoms with van der Waals surface area (Å²) in [7, 11) is 0. The van der Waals surface area contributed by atoms with Gasteiger partial charge >= 0.3 is 0 Å². The van der Waals surface area contributed by atoms with Gasteiger partial charge in [0, 0.05) is 41.4 Å². The van der Waals surface area contributed by atoms with Gasteiger partial charge in [-0.3, -0.25) is 9.78 Å². The van der Waals surface area contributed by atoms with Gasteiger partial charge in [-0.05, 0) is 19.1 Å². The lowest BCUT2D eigenvalue weighted by Crippen LogP contribution is -2.18. The molecule has 0 bridgehead atoms. The van der Waals surface area contributed by atoms with Gasteiger partial charge < -0.3 is 10.1 Å². The first-order chi connectivity index (χ1) is 10.2. The average molecular weight is 281 g/mol. The van der Waals surface area contributed by atoms with E-state index in [4.69, 9.17) is 5.11 Å². The van der Waals surface area contributed by atoms with Crippen molar-refractivity contribution in [3.8, 4) is 11.4 Å². The van der Waals surface area contributed by atoms with Crippen molar-refractivity contribution in [3.05, 3.63) is 58.1 Å². The molecule has 0 spiro atoms. The molecule has 3 rings (SSSR count). The van der Waals surface area contributed by atoms with Gasteiger partial charge in [0.05, 0.1) is 5.52 Å². The Labute approximate surface area is 121 Å². The van der Waals surface area contributed by atoms with Crippen LogP contribution in [0.5, 0.6) is 0 Å². The number of aromatic nitrogens is 3. The number of aliphatic hydroxyl groups excluding tert-OH is 1. The number of pyridine rings is 1. The van der Waals surface area contributed by atoms with E-state index in [-0.39, 0.29) is 12.2 Å². The number of para-hydroxylation sites is 1. The fraction of sp³-hybridized carbons (Fsp3) is 0.188. The zero-order valence-corrected chi connectivity index (χ0v) is 11.6. The number of aryl methyl sites for hydroxylation is 1. The molecule has 0 amide bonds. The summed E-state index contributed by atoms with van der Waals surface area (Å²) in [5.74, 6) is 0.526. The van der Waals surface area contributed by atoms with Crippen LogP contribution in [0, 0.1) is 6.92 Å². The van der Waals surface area contributed by atoms with Crippen LogP contribution in [0.15, 0.2) is 41.3 Å². The second-order valence-corrected chi connectivity index (χ2v) is 4.83. The highest BCUT2D eigenvalue weighted by molar-refractivity contribution is 5.92. The number of aromatic amines is 1. The first-order valence-electron chi connectivity index (χ1n) is 6.75. The molecule has 106 valence electrons. The van der Waals surface area contributed by atoms with Crippen molar-refractivity contribution in [1.29, 1.82) is 0 Å². The van der Waals surface area contributed by atoms with Crippen LogP contribution in [0.3, 0.4) is 0 Å². The van der Waals surface area contributed by atoms with E-state index in [1.165, 1.54) is 0 Å². The largest absolute Gasteiger partial charge is 0.396 e. The fourth-order valence-corrected chi connectivity index (χ4v) is 2.45. The summed E-state index contributed by atoms with van der Waals surface area (Å²) >= 11 is 0. The van der Waals surface area contributed by atoms with Crippen LogP contribution in [-0.2, 0) is 6.42 Å². The van der Waals surface area contributed by atoms with Gasteiger partial charge in [-0.1, -0.05) is 18.2 Å². The third-order valence-corrected chi connectivity index (χ3v) is 3.49. The first-order valence-corrected chi connectivity index (χ1v) is 6.75. The van der Waals surface area contributed by atoms with E-state index in [9.17, 15) is 4.79 Å². The van der Waals surface area contributed by atoms with Crippen molar-refractivity contribution < 1.29 is 5.11 Å². The van der Waals surface area contributed by atoms with Crippen LogP contribution in [0.25, 0.3) is 22.3 Å². The average Bonchev–Trinajstić information content (AvgIpc) is 2.50. The molecule has 0 saturated carbocycles. The minimum atomic E-state index is -0.201. The lowest BCUT2D eigenvalue weighted by molar-refractivity contribution is 0.298. The van der Waals surface area contributed by atoms with E-state index in [0.29, 0.717) is 23.5 Å². The molecule has 2 N–H and O–H groups in total. The van der Waals surface area contributed by atoms with E-state index in [0.717, 1.165) is 16.5 Å². The van der Waals surface area contributed by atoms with Gasteiger partial charge in [0.2, 0.25) is 0 Å². The number of aliphatic hydroxyl groups is 1. The Kier molecular flexibility index (Phi) is 3.50. The van der Waals surface area contributed by atoms with Crippen molar-refractivity contribution in [1.82, 2.24) is 15.0 Å². The van der Waals surface area contributed by atoms with Crippen molar-refractivity contribution in [2.24, 2.45) is 0 Å².